The van der Waals surface area contributed by atoms with E-state index in [4.69, 9.17) is 11.5 Å². The monoisotopic (exact) mass is 174 g/mol. The van der Waals surface area contributed by atoms with Crippen molar-refractivity contribution in [3.8, 4) is 0 Å². The Labute approximate surface area is 75.1 Å². The SMILES string of the molecule is CC(NCCCN)NCCCN. The first kappa shape index (κ1) is 11.8. The van der Waals surface area contributed by atoms with E-state index in [1.165, 1.54) is 0 Å². The van der Waals surface area contributed by atoms with Gasteiger partial charge in [-0.15, -0.1) is 0 Å². The fourth-order valence-electron chi connectivity index (χ4n) is 0.913. The van der Waals surface area contributed by atoms with Crippen molar-refractivity contribution in [1.82, 2.24) is 10.6 Å². The first-order valence-electron chi connectivity index (χ1n) is 4.68. The molecule has 0 aliphatic heterocycles. The first-order chi connectivity index (χ1) is 5.81. The van der Waals surface area contributed by atoms with Gasteiger partial charge in [0.15, 0.2) is 0 Å². The van der Waals surface area contributed by atoms with E-state index in [1.807, 2.05) is 0 Å². The molecular formula is C8H22N4. The van der Waals surface area contributed by atoms with Gasteiger partial charge in [-0.2, -0.15) is 0 Å². The Kier molecular flexibility index (Phi) is 8.81. The van der Waals surface area contributed by atoms with Gasteiger partial charge in [0.25, 0.3) is 0 Å². The van der Waals surface area contributed by atoms with Crippen molar-refractivity contribution in [2.45, 2.75) is 25.9 Å². The van der Waals surface area contributed by atoms with E-state index < -0.39 is 0 Å². The van der Waals surface area contributed by atoms with Gasteiger partial charge in [-0.05, 0) is 45.9 Å². The zero-order valence-electron chi connectivity index (χ0n) is 7.97. The Morgan fingerprint density at radius 1 is 1.00 bits per heavy atom. The Morgan fingerprint density at radius 3 is 1.75 bits per heavy atom. The zero-order valence-corrected chi connectivity index (χ0v) is 7.97. The van der Waals surface area contributed by atoms with Crippen molar-refractivity contribution >= 4 is 0 Å². The molecule has 0 saturated carbocycles. The molecule has 0 rings (SSSR count). The largest absolute Gasteiger partial charge is 0.330 e. The van der Waals surface area contributed by atoms with Gasteiger partial charge in [0.2, 0.25) is 0 Å². The lowest BCUT2D eigenvalue weighted by molar-refractivity contribution is 0.449. The van der Waals surface area contributed by atoms with Crippen LogP contribution >= 0.6 is 0 Å². The van der Waals surface area contributed by atoms with Crippen LogP contribution in [-0.2, 0) is 0 Å². The number of hydrogen-bond donors (Lipinski definition) is 4. The summed E-state index contributed by atoms with van der Waals surface area (Å²) in [5.74, 6) is 0. The predicted octanol–water partition coefficient (Wildman–Crippen LogP) is -0.791. The van der Waals surface area contributed by atoms with Gasteiger partial charge in [0.05, 0.1) is 6.17 Å². The van der Waals surface area contributed by atoms with Crippen molar-refractivity contribution in [3.63, 3.8) is 0 Å². The molecule has 0 atom stereocenters. The maximum absolute atomic E-state index is 5.36. The molecular weight excluding hydrogens is 152 g/mol. The standard InChI is InChI=1S/C8H22N4/c1-8(11-6-2-4-9)12-7-3-5-10/h8,11-12H,2-7,9-10H2,1H3. The summed E-state index contributed by atoms with van der Waals surface area (Å²) in [6.45, 7) is 5.57. The van der Waals surface area contributed by atoms with Gasteiger partial charge >= 0.3 is 0 Å². The van der Waals surface area contributed by atoms with Crippen LogP contribution in [0.2, 0.25) is 0 Å². The smallest absolute Gasteiger partial charge is 0.0542 e. The summed E-state index contributed by atoms with van der Waals surface area (Å²) in [4.78, 5) is 0. The summed E-state index contributed by atoms with van der Waals surface area (Å²) in [5, 5.41) is 6.62. The predicted molar refractivity (Wildman–Crippen MR) is 52.8 cm³/mol. The van der Waals surface area contributed by atoms with Crippen LogP contribution < -0.4 is 22.1 Å². The van der Waals surface area contributed by atoms with Gasteiger partial charge < -0.3 is 22.1 Å². The summed E-state index contributed by atoms with van der Waals surface area (Å²) in [6, 6.07) is 0. The Morgan fingerprint density at radius 2 is 1.42 bits per heavy atom. The van der Waals surface area contributed by atoms with Crippen molar-refractivity contribution in [1.29, 1.82) is 0 Å². The molecule has 0 fully saturated rings. The van der Waals surface area contributed by atoms with Gasteiger partial charge in [-0.3, -0.25) is 0 Å². The molecule has 4 heteroatoms. The quantitative estimate of drug-likeness (QED) is 0.287. The van der Waals surface area contributed by atoms with E-state index in [0.29, 0.717) is 6.17 Å². The molecule has 0 bridgehead atoms. The molecule has 0 amide bonds. The highest BCUT2D eigenvalue weighted by Gasteiger charge is 1.96. The van der Waals surface area contributed by atoms with Crippen LogP contribution in [0, 0.1) is 0 Å². The summed E-state index contributed by atoms with van der Waals surface area (Å²) in [6.07, 6.45) is 2.43. The molecule has 0 saturated heterocycles. The second-order valence-electron chi connectivity index (χ2n) is 2.91. The minimum Gasteiger partial charge on any atom is -0.330 e. The molecule has 0 aliphatic carbocycles. The van der Waals surface area contributed by atoms with Crippen LogP contribution in [0.15, 0.2) is 0 Å². The van der Waals surface area contributed by atoms with Crippen molar-refractivity contribution in [3.05, 3.63) is 0 Å². The van der Waals surface area contributed by atoms with E-state index in [1.54, 1.807) is 0 Å². The van der Waals surface area contributed by atoms with Gasteiger partial charge in [0.1, 0.15) is 0 Å². The maximum atomic E-state index is 5.36. The van der Waals surface area contributed by atoms with Gasteiger partial charge in [-0.1, -0.05) is 0 Å². The number of rotatable bonds is 8. The molecule has 0 heterocycles. The van der Waals surface area contributed by atoms with E-state index in [0.717, 1.165) is 39.0 Å². The highest BCUT2D eigenvalue weighted by molar-refractivity contribution is 4.58. The molecule has 74 valence electrons. The Bertz CT molecular complexity index is 77.1. The molecule has 0 radical (unpaired) electrons. The average Bonchev–Trinajstić information content (AvgIpc) is 2.06. The summed E-state index contributed by atoms with van der Waals surface area (Å²) < 4.78 is 0. The lowest BCUT2D eigenvalue weighted by atomic mass is 10.4. The average molecular weight is 174 g/mol. The van der Waals surface area contributed by atoms with E-state index in [-0.39, 0.29) is 0 Å². The number of nitrogens with two attached hydrogens (primary N) is 2. The lowest BCUT2D eigenvalue weighted by Gasteiger charge is -2.14. The van der Waals surface area contributed by atoms with Crippen LogP contribution in [0.25, 0.3) is 0 Å². The van der Waals surface area contributed by atoms with Gasteiger partial charge in [-0.25, -0.2) is 0 Å². The number of nitrogens with one attached hydrogen (secondary N) is 2. The highest BCUT2D eigenvalue weighted by atomic mass is 15.1. The molecule has 12 heavy (non-hydrogen) atoms. The summed E-state index contributed by atoms with van der Waals surface area (Å²) >= 11 is 0. The minimum absolute atomic E-state index is 0.364. The van der Waals surface area contributed by atoms with Crippen LogP contribution in [0.4, 0.5) is 0 Å². The molecule has 0 aromatic carbocycles. The lowest BCUT2D eigenvalue weighted by Crippen LogP contribution is -2.41. The molecule has 4 nitrogen and oxygen atoms in total. The molecule has 0 unspecified atom stereocenters. The summed E-state index contributed by atoms with van der Waals surface area (Å²) in [5.41, 5.74) is 10.7. The third-order valence-electron chi connectivity index (χ3n) is 1.66. The van der Waals surface area contributed by atoms with Crippen molar-refractivity contribution < 1.29 is 0 Å². The Balaban J connectivity index is 3.04. The highest BCUT2D eigenvalue weighted by Crippen LogP contribution is 1.78. The van der Waals surface area contributed by atoms with Crippen LogP contribution in [0.1, 0.15) is 19.8 Å². The minimum atomic E-state index is 0.364. The van der Waals surface area contributed by atoms with Crippen LogP contribution in [-0.4, -0.2) is 32.3 Å². The summed E-state index contributed by atoms with van der Waals surface area (Å²) in [7, 11) is 0. The maximum Gasteiger partial charge on any atom is 0.0542 e. The second kappa shape index (κ2) is 8.93. The van der Waals surface area contributed by atoms with Crippen LogP contribution in [0.5, 0.6) is 0 Å². The molecule has 0 aliphatic rings. The van der Waals surface area contributed by atoms with E-state index >= 15 is 0 Å². The molecule has 0 aromatic heterocycles. The van der Waals surface area contributed by atoms with Crippen molar-refractivity contribution in [2.75, 3.05) is 26.2 Å². The zero-order chi connectivity index (χ0) is 9.23. The fraction of sp³-hybridized carbons (Fsp3) is 1.00. The first-order valence-corrected chi connectivity index (χ1v) is 4.68. The topological polar surface area (TPSA) is 76.1 Å². The molecule has 0 spiro atoms. The van der Waals surface area contributed by atoms with E-state index in [9.17, 15) is 0 Å². The molecule has 0 aromatic rings. The number of hydrogen-bond acceptors (Lipinski definition) is 4. The van der Waals surface area contributed by atoms with Crippen LogP contribution in [0.3, 0.4) is 0 Å². The Hall–Kier alpha value is -0.160. The fourth-order valence-corrected chi connectivity index (χ4v) is 0.913. The van der Waals surface area contributed by atoms with E-state index in [2.05, 4.69) is 17.6 Å². The molecule has 6 N–H and O–H groups in total. The van der Waals surface area contributed by atoms with Crippen molar-refractivity contribution in [2.24, 2.45) is 11.5 Å². The normalized spacial score (nSPS) is 11.0. The third kappa shape index (κ3) is 7.94. The van der Waals surface area contributed by atoms with Gasteiger partial charge in [0, 0.05) is 0 Å². The third-order valence-corrected chi connectivity index (χ3v) is 1.66. The second-order valence-corrected chi connectivity index (χ2v) is 2.91.